The zero-order chi connectivity index (χ0) is 23.2. The molecule has 35 heavy (non-hydrogen) atoms. The van der Waals surface area contributed by atoms with Crippen LogP contribution in [-0.4, -0.2) is 20.3 Å². The first-order valence-corrected chi connectivity index (χ1v) is 20.0. The average molecular weight is 643 g/mol. The summed E-state index contributed by atoms with van der Waals surface area (Å²) >= 11 is -3.88. The SMILES string of the molecule is c1cc[c]([BiH]([c]2ccccc2)([c]2ccccc2)[c]2ccc3ccc4cccc5ccc2c3c45)cc1. The van der Waals surface area contributed by atoms with Crippen LogP contribution >= 0.6 is 0 Å². The monoisotopic (exact) mass is 642 g/mol. The van der Waals surface area contributed by atoms with Crippen molar-refractivity contribution >= 4 is 65.7 Å². The maximum absolute atomic E-state index is 3.88. The van der Waals surface area contributed by atoms with Crippen molar-refractivity contribution in [2.45, 2.75) is 0 Å². The predicted molar refractivity (Wildman–Crippen MR) is 155 cm³/mol. The van der Waals surface area contributed by atoms with Crippen molar-refractivity contribution in [2.24, 2.45) is 0 Å². The van der Waals surface area contributed by atoms with Gasteiger partial charge in [-0.2, -0.15) is 0 Å². The first kappa shape index (κ1) is 20.8. The summed E-state index contributed by atoms with van der Waals surface area (Å²) in [5, 5.41) is 8.17. The number of benzene rings is 7. The molecule has 7 aromatic rings. The summed E-state index contributed by atoms with van der Waals surface area (Å²) < 4.78 is 6.01. The normalized spacial score (nSPS) is 12.5. The molecule has 0 amide bonds. The molecule has 0 heterocycles. The summed E-state index contributed by atoms with van der Waals surface area (Å²) in [4.78, 5) is 0. The Morgan fingerprint density at radius 3 is 1.26 bits per heavy atom. The van der Waals surface area contributed by atoms with Gasteiger partial charge in [-0.25, -0.2) is 0 Å². The minimum absolute atomic E-state index is 1.32. The molecule has 0 aliphatic heterocycles. The van der Waals surface area contributed by atoms with Gasteiger partial charge in [0.1, 0.15) is 0 Å². The molecule has 0 radical (unpaired) electrons. The van der Waals surface area contributed by atoms with Gasteiger partial charge in [-0.3, -0.25) is 0 Å². The van der Waals surface area contributed by atoms with Crippen LogP contribution in [0, 0.1) is 0 Å². The molecular weight excluding hydrogens is 617 g/mol. The Kier molecular flexibility index (Phi) is 4.93. The van der Waals surface area contributed by atoms with Crippen molar-refractivity contribution in [1.82, 2.24) is 0 Å². The van der Waals surface area contributed by atoms with Crippen LogP contribution in [0.2, 0.25) is 0 Å². The molecule has 0 aromatic heterocycles. The fraction of sp³-hybridized carbons (Fsp3) is 0. The van der Waals surface area contributed by atoms with Crippen molar-refractivity contribution in [1.29, 1.82) is 0 Å². The van der Waals surface area contributed by atoms with E-state index < -0.39 is 20.3 Å². The topological polar surface area (TPSA) is 0 Å². The van der Waals surface area contributed by atoms with E-state index in [1.165, 1.54) is 45.4 Å². The summed E-state index contributed by atoms with van der Waals surface area (Å²) in [6.45, 7) is 0. The van der Waals surface area contributed by atoms with Gasteiger partial charge in [0.15, 0.2) is 0 Å². The second kappa shape index (κ2) is 8.29. The summed E-state index contributed by atoms with van der Waals surface area (Å²) in [7, 11) is 0. The van der Waals surface area contributed by atoms with Crippen LogP contribution in [0.1, 0.15) is 0 Å². The molecule has 0 nitrogen and oxygen atoms in total. The Morgan fingerprint density at radius 1 is 0.314 bits per heavy atom. The molecule has 0 aliphatic carbocycles. The molecule has 0 bridgehead atoms. The average Bonchev–Trinajstić information content (AvgIpc) is 2.94. The Balaban J connectivity index is 1.71. The van der Waals surface area contributed by atoms with Gasteiger partial charge in [-0.1, -0.05) is 0 Å². The van der Waals surface area contributed by atoms with Crippen LogP contribution in [0.4, 0.5) is 0 Å². The van der Waals surface area contributed by atoms with E-state index in [2.05, 4.69) is 146 Å². The van der Waals surface area contributed by atoms with Crippen molar-refractivity contribution < 1.29 is 0 Å². The summed E-state index contributed by atoms with van der Waals surface area (Å²) in [6.07, 6.45) is 0. The van der Waals surface area contributed by atoms with Crippen LogP contribution in [0.3, 0.4) is 0 Å². The Labute approximate surface area is 210 Å². The van der Waals surface area contributed by atoms with Crippen molar-refractivity contribution in [3.63, 3.8) is 0 Å². The zero-order valence-electron chi connectivity index (χ0n) is 19.4. The van der Waals surface area contributed by atoms with Crippen LogP contribution in [0.25, 0.3) is 32.3 Å². The third-order valence-electron chi connectivity index (χ3n) is 7.55. The zero-order valence-corrected chi connectivity index (χ0v) is 23.2. The van der Waals surface area contributed by atoms with Gasteiger partial charge in [-0.05, 0) is 0 Å². The number of hydrogen-bond donors (Lipinski definition) is 0. The van der Waals surface area contributed by atoms with Crippen LogP contribution in [0.15, 0.2) is 146 Å². The molecule has 0 spiro atoms. The maximum atomic E-state index is 2.45. The number of hydrogen-bond acceptors (Lipinski definition) is 0. The van der Waals surface area contributed by atoms with Crippen LogP contribution < -0.4 is 13.1 Å². The van der Waals surface area contributed by atoms with E-state index in [0.29, 0.717) is 0 Å². The van der Waals surface area contributed by atoms with Gasteiger partial charge in [0.2, 0.25) is 0 Å². The van der Waals surface area contributed by atoms with Gasteiger partial charge in [-0.15, -0.1) is 0 Å². The van der Waals surface area contributed by atoms with Gasteiger partial charge >= 0.3 is 211 Å². The van der Waals surface area contributed by atoms with Crippen molar-refractivity contribution in [3.05, 3.63) is 146 Å². The number of rotatable bonds is 4. The van der Waals surface area contributed by atoms with E-state index in [1.54, 1.807) is 0 Å². The Hall–Kier alpha value is -3.54. The molecule has 0 unspecified atom stereocenters. The molecule has 7 rings (SSSR count). The molecule has 0 fully saturated rings. The predicted octanol–water partition coefficient (Wildman–Crippen LogP) is 5.69. The molecule has 0 saturated heterocycles. The molecule has 1 heteroatoms. The molecule has 0 saturated carbocycles. The van der Waals surface area contributed by atoms with E-state index in [0.717, 1.165) is 0 Å². The van der Waals surface area contributed by atoms with Gasteiger partial charge in [0.05, 0.1) is 0 Å². The van der Waals surface area contributed by atoms with E-state index >= 15 is 0 Å². The molecular formula is C34H25Bi. The molecule has 166 valence electrons. The van der Waals surface area contributed by atoms with Crippen LogP contribution in [0.5, 0.6) is 0 Å². The second-order valence-corrected chi connectivity index (χ2v) is 24.0. The minimum atomic E-state index is -3.88. The Bertz CT molecular complexity index is 1660. The third-order valence-corrected chi connectivity index (χ3v) is 26.4. The van der Waals surface area contributed by atoms with Crippen molar-refractivity contribution in [3.8, 4) is 0 Å². The fourth-order valence-electron chi connectivity index (χ4n) is 6.09. The molecule has 0 aliphatic rings. The first-order chi connectivity index (χ1) is 17.4. The summed E-state index contributed by atoms with van der Waals surface area (Å²) in [5.41, 5.74) is 0. The second-order valence-electron chi connectivity index (χ2n) is 9.32. The quantitative estimate of drug-likeness (QED) is 0.171. The van der Waals surface area contributed by atoms with E-state index in [1.807, 2.05) is 0 Å². The van der Waals surface area contributed by atoms with Crippen LogP contribution in [-0.2, 0) is 0 Å². The van der Waals surface area contributed by atoms with E-state index in [-0.39, 0.29) is 0 Å². The standard InChI is InChI=1S/C16H9.3C6H5.Bi.H/c1-3-11-7-9-13-5-2-6-14-10-8-12(4-1)15(11)16(13)14;3*1-2-4-6-5-3-1;;/h1-5,7-10H;3*1-5H;;. The summed E-state index contributed by atoms with van der Waals surface area (Å²) in [6, 6.07) is 54.7. The molecule has 0 atom stereocenters. The molecule has 7 aromatic carbocycles. The molecule has 0 N–H and O–H groups in total. The van der Waals surface area contributed by atoms with E-state index in [4.69, 9.17) is 0 Å². The van der Waals surface area contributed by atoms with Gasteiger partial charge in [0, 0.05) is 0 Å². The third kappa shape index (κ3) is 3.08. The van der Waals surface area contributed by atoms with Gasteiger partial charge < -0.3 is 0 Å². The first-order valence-electron chi connectivity index (χ1n) is 12.2. The summed E-state index contributed by atoms with van der Waals surface area (Å²) in [5.74, 6) is 0. The Morgan fingerprint density at radius 2 is 0.743 bits per heavy atom. The fourth-order valence-corrected chi connectivity index (χ4v) is 25.4. The van der Waals surface area contributed by atoms with E-state index in [9.17, 15) is 0 Å². The van der Waals surface area contributed by atoms with Crippen molar-refractivity contribution in [2.75, 3.05) is 0 Å². The van der Waals surface area contributed by atoms with Gasteiger partial charge in [0.25, 0.3) is 0 Å².